The molecular formula is C21H27ClN2O2. The zero-order valence-electron chi connectivity index (χ0n) is 15.2. The molecule has 140 valence electrons. The number of amides is 1. The van der Waals surface area contributed by atoms with E-state index in [4.69, 9.17) is 16.3 Å². The molecule has 0 aromatic heterocycles. The molecule has 2 atom stereocenters. The number of halogens is 1. The van der Waals surface area contributed by atoms with Crippen molar-refractivity contribution in [3.63, 3.8) is 0 Å². The maximum absolute atomic E-state index is 13.1. The molecule has 0 radical (unpaired) electrons. The summed E-state index contributed by atoms with van der Waals surface area (Å²) in [6, 6.07) is 4.10. The molecular weight excluding hydrogens is 348 g/mol. The highest BCUT2D eigenvalue weighted by atomic mass is 35.5. The van der Waals surface area contributed by atoms with E-state index in [1.54, 1.807) is 6.07 Å². The van der Waals surface area contributed by atoms with Gasteiger partial charge in [-0.15, -0.1) is 0 Å². The quantitative estimate of drug-likeness (QED) is 0.765. The number of nitrogens with one attached hydrogen (secondary N) is 2. The Kier molecular flexibility index (Phi) is 5.51. The number of benzene rings is 1. The molecule has 2 heterocycles. The van der Waals surface area contributed by atoms with E-state index in [2.05, 4.69) is 16.7 Å². The molecule has 1 aromatic carbocycles. The van der Waals surface area contributed by atoms with E-state index in [1.807, 2.05) is 6.07 Å². The lowest BCUT2D eigenvalue weighted by atomic mass is 9.91. The van der Waals surface area contributed by atoms with Gasteiger partial charge in [-0.25, -0.2) is 0 Å². The van der Waals surface area contributed by atoms with Gasteiger partial charge >= 0.3 is 0 Å². The summed E-state index contributed by atoms with van der Waals surface area (Å²) in [5.74, 6) is 0.641. The highest BCUT2D eigenvalue weighted by molar-refractivity contribution is 6.31. The van der Waals surface area contributed by atoms with E-state index in [-0.39, 0.29) is 11.9 Å². The topological polar surface area (TPSA) is 50.4 Å². The largest absolute Gasteiger partial charge is 0.492 e. The minimum atomic E-state index is -0.0687. The first-order chi connectivity index (χ1) is 12.7. The Balaban J connectivity index is 1.53. The van der Waals surface area contributed by atoms with Crippen molar-refractivity contribution in [2.75, 3.05) is 13.2 Å². The summed E-state index contributed by atoms with van der Waals surface area (Å²) in [5, 5.41) is 7.47. The number of carbonyl (C=O) groups excluding carboxylic acids is 1. The van der Waals surface area contributed by atoms with Crippen molar-refractivity contribution in [2.24, 2.45) is 0 Å². The first-order valence-electron chi connectivity index (χ1n) is 9.88. The Morgan fingerprint density at radius 1 is 1.31 bits per heavy atom. The van der Waals surface area contributed by atoms with Crippen LogP contribution < -0.4 is 15.4 Å². The molecule has 1 fully saturated rings. The van der Waals surface area contributed by atoms with Crippen molar-refractivity contribution in [3.05, 3.63) is 39.9 Å². The summed E-state index contributed by atoms with van der Waals surface area (Å²) in [6.07, 6.45) is 11.3. The van der Waals surface area contributed by atoms with Crippen molar-refractivity contribution < 1.29 is 9.53 Å². The highest BCUT2D eigenvalue weighted by Crippen LogP contribution is 2.33. The molecule has 4 rings (SSSR count). The van der Waals surface area contributed by atoms with E-state index >= 15 is 0 Å². The molecule has 2 N–H and O–H groups in total. The van der Waals surface area contributed by atoms with E-state index in [0.717, 1.165) is 37.8 Å². The molecule has 0 spiro atoms. The van der Waals surface area contributed by atoms with Crippen LogP contribution in [0, 0.1) is 0 Å². The molecule has 2 aliphatic heterocycles. The Labute approximate surface area is 160 Å². The van der Waals surface area contributed by atoms with Crippen LogP contribution in [0.3, 0.4) is 0 Å². The Morgan fingerprint density at radius 3 is 3.00 bits per heavy atom. The van der Waals surface area contributed by atoms with Crippen LogP contribution in [0.15, 0.2) is 23.8 Å². The predicted octanol–water partition coefficient (Wildman–Crippen LogP) is 4.02. The minimum absolute atomic E-state index is 0.0687. The summed E-state index contributed by atoms with van der Waals surface area (Å²) in [5.41, 5.74) is 3.10. The molecule has 1 amide bonds. The summed E-state index contributed by atoms with van der Waals surface area (Å²) in [4.78, 5) is 13.1. The standard InChI is InChI=1S/C21H27ClN2O2/c22-16-12-15-8-10-26-20(15)17(13-16)21(25)24-19(18-7-4-9-23-18)11-14-5-2-1-3-6-14/h5,12-13,18-19,23H,1-4,6-11H2,(H,24,25). The predicted molar refractivity (Wildman–Crippen MR) is 104 cm³/mol. The number of rotatable bonds is 5. The maximum atomic E-state index is 13.1. The molecule has 5 heteroatoms. The third-order valence-electron chi connectivity index (χ3n) is 5.76. The van der Waals surface area contributed by atoms with Crippen LogP contribution in [-0.4, -0.2) is 31.1 Å². The van der Waals surface area contributed by atoms with Crippen LogP contribution >= 0.6 is 11.6 Å². The van der Waals surface area contributed by atoms with Gasteiger partial charge in [-0.2, -0.15) is 0 Å². The van der Waals surface area contributed by atoms with Gasteiger partial charge in [0.05, 0.1) is 12.2 Å². The van der Waals surface area contributed by atoms with Crippen LogP contribution in [-0.2, 0) is 6.42 Å². The number of hydrogen-bond donors (Lipinski definition) is 2. The van der Waals surface area contributed by atoms with Gasteiger partial charge in [0.15, 0.2) is 0 Å². The molecule has 4 nitrogen and oxygen atoms in total. The number of ether oxygens (including phenoxy) is 1. The molecule has 0 bridgehead atoms. The number of fused-ring (bicyclic) bond motifs is 1. The third-order valence-corrected chi connectivity index (χ3v) is 5.98. The fourth-order valence-corrected chi connectivity index (χ4v) is 4.65. The lowest BCUT2D eigenvalue weighted by Crippen LogP contribution is -2.47. The van der Waals surface area contributed by atoms with Crippen molar-refractivity contribution in [1.29, 1.82) is 0 Å². The zero-order chi connectivity index (χ0) is 17.9. The van der Waals surface area contributed by atoms with Gasteiger partial charge in [0.2, 0.25) is 0 Å². The number of hydrogen-bond acceptors (Lipinski definition) is 3. The number of allylic oxidation sites excluding steroid dienone is 1. The minimum Gasteiger partial charge on any atom is -0.492 e. The average molecular weight is 375 g/mol. The van der Waals surface area contributed by atoms with E-state index in [0.29, 0.717) is 29.0 Å². The lowest BCUT2D eigenvalue weighted by Gasteiger charge is -2.27. The Hall–Kier alpha value is -1.52. The normalized spacial score (nSPS) is 23.1. The van der Waals surface area contributed by atoms with Gasteiger partial charge in [0.1, 0.15) is 5.75 Å². The van der Waals surface area contributed by atoms with Gasteiger partial charge in [-0.05, 0) is 69.2 Å². The molecule has 3 aliphatic rings. The first-order valence-corrected chi connectivity index (χ1v) is 10.3. The molecule has 1 aliphatic carbocycles. The SMILES string of the molecule is O=C(NC(CC1=CCCCC1)C1CCCN1)c1cc(Cl)cc2c1OCC2. The Morgan fingerprint density at radius 2 is 2.23 bits per heavy atom. The molecule has 1 aromatic rings. The smallest absolute Gasteiger partial charge is 0.255 e. The average Bonchev–Trinajstić information content (AvgIpc) is 3.33. The van der Waals surface area contributed by atoms with Gasteiger partial charge in [-0.1, -0.05) is 23.3 Å². The first kappa shape index (κ1) is 17.9. The molecule has 1 saturated heterocycles. The fourth-order valence-electron chi connectivity index (χ4n) is 4.41. The lowest BCUT2D eigenvalue weighted by molar-refractivity contribution is 0.0925. The monoisotopic (exact) mass is 374 g/mol. The van der Waals surface area contributed by atoms with E-state index in [1.165, 1.54) is 31.3 Å². The molecule has 0 saturated carbocycles. The van der Waals surface area contributed by atoms with Crippen LogP contribution in [0.5, 0.6) is 5.75 Å². The van der Waals surface area contributed by atoms with E-state index < -0.39 is 0 Å². The summed E-state index contributed by atoms with van der Waals surface area (Å²) in [6.45, 7) is 1.65. The zero-order valence-corrected chi connectivity index (χ0v) is 15.9. The summed E-state index contributed by atoms with van der Waals surface area (Å²) in [7, 11) is 0. The van der Waals surface area contributed by atoms with E-state index in [9.17, 15) is 4.79 Å². The molecule has 26 heavy (non-hydrogen) atoms. The van der Waals surface area contributed by atoms with Gasteiger partial charge in [0, 0.05) is 23.5 Å². The second kappa shape index (κ2) is 8.01. The fraction of sp³-hybridized carbons (Fsp3) is 0.571. The van der Waals surface area contributed by atoms with Gasteiger partial charge < -0.3 is 15.4 Å². The van der Waals surface area contributed by atoms with Crippen LogP contribution in [0.2, 0.25) is 5.02 Å². The second-order valence-electron chi connectivity index (χ2n) is 7.64. The van der Waals surface area contributed by atoms with Gasteiger partial charge in [-0.3, -0.25) is 4.79 Å². The van der Waals surface area contributed by atoms with Crippen molar-refractivity contribution in [1.82, 2.24) is 10.6 Å². The summed E-state index contributed by atoms with van der Waals surface area (Å²) < 4.78 is 5.72. The van der Waals surface area contributed by atoms with Crippen molar-refractivity contribution in [3.8, 4) is 5.75 Å². The van der Waals surface area contributed by atoms with Gasteiger partial charge in [0.25, 0.3) is 5.91 Å². The van der Waals surface area contributed by atoms with Crippen LogP contribution in [0.4, 0.5) is 0 Å². The number of carbonyl (C=O) groups is 1. The maximum Gasteiger partial charge on any atom is 0.255 e. The third kappa shape index (κ3) is 3.91. The van der Waals surface area contributed by atoms with Crippen molar-refractivity contribution in [2.45, 2.75) is 63.5 Å². The van der Waals surface area contributed by atoms with Crippen LogP contribution in [0.1, 0.15) is 60.9 Å². The Bertz CT molecular complexity index is 710. The molecule has 2 unspecified atom stereocenters. The second-order valence-corrected chi connectivity index (χ2v) is 8.07. The summed E-state index contributed by atoms with van der Waals surface area (Å²) >= 11 is 6.23. The van der Waals surface area contributed by atoms with Crippen molar-refractivity contribution >= 4 is 17.5 Å². The van der Waals surface area contributed by atoms with Crippen LogP contribution in [0.25, 0.3) is 0 Å². The highest BCUT2D eigenvalue weighted by Gasteiger charge is 2.29.